The van der Waals surface area contributed by atoms with Gasteiger partial charge in [-0.2, -0.15) is 5.10 Å². The highest BCUT2D eigenvalue weighted by Crippen LogP contribution is 2.41. The Morgan fingerprint density at radius 1 is 0.913 bits per heavy atom. The van der Waals surface area contributed by atoms with Crippen LogP contribution in [-0.4, -0.2) is 88.4 Å². The number of piperazine rings is 1. The highest BCUT2D eigenvalue weighted by Gasteiger charge is 2.31. The molecule has 0 spiro atoms. The molecular weight excluding hydrogens is 578 g/mol. The highest BCUT2D eigenvalue weighted by atomic mass is 16.5. The Hall–Kier alpha value is -4.41. The molecule has 2 aromatic carbocycles. The van der Waals surface area contributed by atoms with E-state index in [1.54, 1.807) is 20.5 Å². The third kappa shape index (κ3) is 5.39. The Labute approximate surface area is 269 Å². The van der Waals surface area contributed by atoms with Gasteiger partial charge in [0, 0.05) is 61.8 Å². The van der Waals surface area contributed by atoms with Crippen molar-refractivity contribution in [3.8, 4) is 22.6 Å². The first-order valence-corrected chi connectivity index (χ1v) is 16.2. The van der Waals surface area contributed by atoms with E-state index in [1.807, 2.05) is 61.0 Å². The summed E-state index contributed by atoms with van der Waals surface area (Å²) >= 11 is 0. The maximum Gasteiger partial charge on any atom is 0.272 e. The summed E-state index contributed by atoms with van der Waals surface area (Å²) in [5.74, 6) is 1.54. The van der Waals surface area contributed by atoms with Gasteiger partial charge in [0.05, 0.1) is 36.6 Å². The van der Waals surface area contributed by atoms with E-state index >= 15 is 0 Å². The SMILES string of the molecule is COc1cc(-c2cc(C3CCC(N4CCN(C)CC4)CC3)n3ncnc(C)c23)ccc1NC(=O)c1cc2c(OC)cccc2n1C. The fourth-order valence-corrected chi connectivity index (χ4v) is 7.53. The zero-order valence-corrected chi connectivity index (χ0v) is 27.4. The van der Waals surface area contributed by atoms with Crippen molar-refractivity contribution in [1.29, 1.82) is 0 Å². The van der Waals surface area contributed by atoms with Gasteiger partial charge in [-0.25, -0.2) is 9.50 Å². The molecule has 4 heterocycles. The summed E-state index contributed by atoms with van der Waals surface area (Å²) in [4.78, 5) is 23.2. The lowest BCUT2D eigenvalue weighted by atomic mass is 9.83. The van der Waals surface area contributed by atoms with Crippen molar-refractivity contribution in [3.05, 3.63) is 71.9 Å². The third-order valence-corrected chi connectivity index (χ3v) is 10.2. The number of anilines is 1. The van der Waals surface area contributed by atoms with Gasteiger partial charge in [0.2, 0.25) is 0 Å². The normalized spacial score (nSPS) is 19.5. The Bertz CT molecular complexity index is 1900. The number of hydrogen-bond donors (Lipinski definition) is 1. The smallest absolute Gasteiger partial charge is 0.272 e. The Morgan fingerprint density at radius 2 is 1.67 bits per heavy atom. The molecule has 1 N–H and O–H groups in total. The molecular formula is C36H43N7O3. The lowest BCUT2D eigenvalue weighted by Gasteiger charge is -2.41. The number of fused-ring (bicyclic) bond motifs is 2. The zero-order chi connectivity index (χ0) is 31.9. The monoisotopic (exact) mass is 621 g/mol. The van der Waals surface area contributed by atoms with Crippen molar-refractivity contribution in [3.63, 3.8) is 0 Å². The zero-order valence-electron chi connectivity index (χ0n) is 27.4. The standard InChI is InChI=1S/C36H43N7O3/c1-23-35-27(20-31(43(35)38-22-37-23)24-9-12-26(13-10-24)42-17-15-40(2)16-18-42)25-11-14-29(34(19-25)46-5)39-36(44)32-21-28-30(41(32)3)7-6-8-33(28)45-4/h6-8,11,14,19-22,24,26H,9-10,12-13,15-18H2,1-5H3,(H,39,44). The molecule has 1 saturated carbocycles. The van der Waals surface area contributed by atoms with Gasteiger partial charge in [0.25, 0.3) is 5.91 Å². The lowest BCUT2D eigenvalue weighted by Crippen LogP contribution is -2.49. The summed E-state index contributed by atoms with van der Waals surface area (Å²) in [6, 6.07) is 16.6. The average molecular weight is 622 g/mol. The third-order valence-electron chi connectivity index (χ3n) is 10.2. The number of benzene rings is 2. The van der Waals surface area contributed by atoms with Crippen molar-refractivity contribution >= 4 is 28.0 Å². The molecule has 240 valence electrons. The quantitative estimate of drug-likeness (QED) is 0.248. The van der Waals surface area contributed by atoms with E-state index in [4.69, 9.17) is 14.6 Å². The van der Waals surface area contributed by atoms with Crippen LogP contribution in [0.15, 0.2) is 54.9 Å². The first-order chi connectivity index (χ1) is 22.4. The first kappa shape index (κ1) is 30.3. The highest BCUT2D eigenvalue weighted by molar-refractivity contribution is 6.08. The van der Waals surface area contributed by atoms with Crippen LogP contribution in [0, 0.1) is 6.92 Å². The van der Waals surface area contributed by atoms with E-state index in [2.05, 4.69) is 37.7 Å². The molecule has 3 aromatic heterocycles. The molecule has 1 amide bonds. The predicted molar refractivity (Wildman–Crippen MR) is 181 cm³/mol. The van der Waals surface area contributed by atoms with Gasteiger partial charge in [0.1, 0.15) is 23.5 Å². The molecule has 1 aliphatic carbocycles. The maximum atomic E-state index is 13.5. The number of ether oxygens (including phenoxy) is 2. The molecule has 0 bridgehead atoms. The van der Waals surface area contributed by atoms with Crippen LogP contribution < -0.4 is 14.8 Å². The van der Waals surface area contributed by atoms with Crippen LogP contribution in [0.3, 0.4) is 0 Å². The number of nitrogens with zero attached hydrogens (tertiary/aromatic N) is 6. The van der Waals surface area contributed by atoms with Crippen LogP contribution in [0.25, 0.3) is 27.5 Å². The predicted octanol–water partition coefficient (Wildman–Crippen LogP) is 5.74. The van der Waals surface area contributed by atoms with Gasteiger partial charge in [-0.1, -0.05) is 12.1 Å². The molecule has 1 saturated heterocycles. The van der Waals surface area contributed by atoms with E-state index in [9.17, 15) is 4.79 Å². The fourth-order valence-electron chi connectivity index (χ4n) is 7.53. The number of aryl methyl sites for hydroxylation is 2. The number of aromatic nitrogens is 4. The molecule has 0 radical (unpaired) electrons. The van der Waals surface area contributed by atoms with E-state index in [0.717, 1.165) is 64.9 Å². The largest absolute Gasteiger partial charge is 0.496 e. The topological polar surface area (TPSA) is 89.2 Å². The summed E-state index contributed by atoms with van der Waals surface area (Å²) in [5, 5.41) is 8.71. The number of likely N-dealkylation sites (N-methyl/N-ethyl adjacent to an activating group) is 1. The molecule has 0 atom stereocenters. The summed E-state index contributed by atoms with van der Waals surface area (Å²) in [5.41, 5.74) is 7.33. The molecule has 7 rings (SSSR count). The van der Waals surface area contributed by atoms with Crippen LogP contribution in [0.5, 0.6) is 11.5 Å². The number of carbonyl (C=O) groups is 1. The first-order valence-electron chi connectivity index (χ1n) is 16.2. The number of methoxy groups -OCH3 is 2. The van der Waals surface area contributed by atoms with Gasteiger partial charge >= 0.3 is 0 Å². The number of hydrogen-bond acceptors (Lipinski definition) is 7. The molecule has 2 aliphatic rings. The fraction of sp³-hybridized carbons (Fsp3) is 0.417. The average Bonchev–Trinajstić information content (AvgIpc) is 3.64. The van der Waals surface area contributed by atoms with Crippen LogP contribution in [0.1, 0.15) is 53.5 Å². The molecule has 10 heteroatoms. The van der Waals surface area contributed by atoms with E-state index in [0.29, 0.717) is 29.1 Å². The van der Waals surface area contributed by atoms with Gasteiger partial charge < -0.3 is 24.3 Å². The summed E-state index contributed by atoms with van der Waals surface area (Å²) in [6.45, 7) is 6.70. The molecule has 5 aromatic rings. The number of nitrogens with one attached hydrogen (secondary N) is 1. The summed E-state index contributed by atoms with van der Waals surface area (Å²) < 4.78 is 15.3. The molecule has 46 heavy (non-hydrogen) atoms. The van der Waals surface area contributed by atoms with Gasteiger partial charge in [0.15, 0.2) is 0 Å². The van der Waals surface area contributed by atoms with Gasteiger partial charge in [-0.05, 0) is 81.6 Å². The van der Waals surface area contributed by atoms with Gasteiger partial charge in [-0.3, -0.25) is 9.69 Å². The van der Waals surface area contributed by atoms with Crippen molar-refractivity contribution in [2.45, 2.75) is 44.6 Å². The van der Waals surface area contributed by atoms with Crippen LogP contribution in [-0.2, 0) is 7.05 Å². The second-order valence-electron chi connectivity index (χ2n) is 12.8. The van der Waals surface area contributed by atoms with Crippen molar-refractivity contribution in [2.24, 2.45) is 7.05 Å². The Morgan fingerprint density at radius 3 is 2.41 bits per heavy atom. The van der Waals surface area contributed by atoms with Crippen molar-refractivity contribution < 1.29 is 14.3 Å². The minimum atomic E-state index is -0.222. The molecule has 2 fully saturated rings. The number of amides is 1. The number of rotatable bonds is 7. The second-order valence-corrected chi connectivity index (χ2v) is 12.8. The van der Waals surface area contributed by atoms with Crippen LogP contribution in [0.2, 0.25) is 0 Å². The lowest BCUT2D eigenvalue weighted by molar-refractivity contribution is 0.0874. The maximum absolute atomic E-state index is 13.5. The summed E-state index contributed by atoms with van der Waals surface area (Å²) in [7, 11) is 7.37. The molecule has 0 unspecified atom stereocenters. The second kappa shape index (κ2) is 12.4. The molecule has 10 nitrogen and oxygen atoms in total. The molecule has 1 aliphatic heterocycles. The Balaban J connectivity index is 1.15. The van der Waals surface area contributed by atoms with E-state index in [-0.39, 0.29) is 5.91 Å². The van der Waals surface area contributed by atoms with E-state index in [1.165, 1.54) is 31.6 Å². The van der Waals surface area contributed by atoms with Crippen LogP contribution >= 0.6 is 0 Å². The summed E-state index contributed by atoms with van der Waals surface area (Å²) in [6.07, 6.45) is 6.40. The van der Waals surface area contributed by atoms with Crippen molar-refractivity contribution in [2.75, 3.05) is 52.8 Å². The number of carbonyl (C=O) groups excluding carboxylic acids is 1. The van der Waals surface area contributed by atoms with Crippen LogP contribution in [0.4, 0.5) is 5.69 Å². The van der Waals surface area contributed by atoms with E-state index < -0.39 is 0 Å². The minimum Gasteiger partial charge on any atom is -0.496 e. The minimum absolute atomic E-state index is 0.222. The Kier molecular flexibility index (Phi) is 8.16. The van der Waals surface area contributed by atoms with Gasteiger partial charge in [-0.15, -0.1) is 0 Å². The van der Waals surface area contributed by atoms with Crippen molar-refractivity contribution in [1.82, 2.24) is 29.0 Å².